The fourth-order valence-corrected chi connectivity index (χ4v) is 1.70. The molecule has 0 spiro atoms. The van der Waals surface area contributed by atoms with Crippen molar-refractivity contribution < 1.29 is 4.74 Å². The van der Waals surface area contributed by atoms with E-state index < -0.39 is 0 Å². The predicted octanol–water partition coefficient (Wildman–Crippen LogP) is 1.92. The summed E-state index contributed by atoms with van der Waals surface area (Å²) in [5.74, 6) is 1.64. The molecule has 2 bridgehead atoms. The van der Waals surface area contributed by atoms with E-state index in [2.05, 4.69) is 6.92 Å². The molecule has 51 valence electrons. The van der Waals surface area contributed by atoms with Crippen LogP contribution in [-0.2, 0) is 4.74 Å². The van der Waals surface area contributed by atoms with Gasteiger partial charge >= 0.3 is 0 Å². The number of fused-ring (bicyclic) bond motifs is 3. The highest BCUT2D eigenvalue weighted by Gasteiger charge is 2.37. The maximum atomic E-state index is 5.63. The van der Waals surface area contributed by atoms with Gasteiger partial charge in [0.05, 0.1) is 12.2 Å². The molecule has 1 aliphatic carbocycles. The Bertz CT molecular complexity index is 98.0. The van der Waals surface area contributed by atoms with E-state index in [-0.39, 0.29) is 5.60 Å². The Morgan fingerprint density at radius 3 is 2.22 bits per heavy atom. The Hall–Kier alpha value is -0.0400. The average Bonchev–Trinajstić information content (AvgIpc) is 1.90. The Balaban J connectivity index is 2.11. The van der Waals surface area contributed by atoms with E-state index in [9.17, 15) is 0 Å². The molecule has 0 unspecified atom stereocenters. The predicted molar refractivity (Wildman–Crippen MR) is 36.1 cm³/mol. The molecule has 3 fully saturated rings. The SMILES string of the molecule is CC12CC[C](CC1)CO2. The maximum Gasteiger partial charge on any atom is 0.0655 e. The molecule has 1 radical (unpaired) electrons. The van der Waals surface area contributed by atoms with E-state index in [0.717, 1.165) is 6.61 Å². The average molecular weight is 125 g/mol. The van der Waals surface area contributed by atoms with Gasteiger partial charge in [0.1, 0.15) is 0 Å². The van der Waals surface area contributed by atoms with Gasteiger partial charge in [0.15, 0.2) is 0 Å². The van der Waals surface area contributed by atoms with Crippen molar-refractivity contribution in [3.05, 3.63) is 5.92 Å². The molecule has 3 rings (SSSR count). The fourth-order valence-electron chi connectivity index (χ4n) is 1.70. The highest BCUT2D eigenvalue weighted by Crippen LogP contribution is 2.41. The molecule has 1 saturated carbocycles. The van der Waals surface area contributed by atoms with Gasteiger partial charge in [-0.1, -0.05) is 0 Å². The maximum absolute atomic E-state index is 5.63. The summed E-state index contributed by atoms with van der Waals surface area (Å²) < 4.78 is 5.63. The fraction of sp³-hybridized carbons (Fsp3) is 0.875. The second kappa shape index (κ2) is 1.72. The first-order valence-corrected chi connectivity index (χ1v) is 3.76. The zero-order valence-corrected chi connectivity index (χ0v) is 5.94. The molecule has 9 heavy (non-hydrogen) atoms. The molecule has 0 amide bonds. The number of hydrogen-bond donors (Lipinski definition) is 0. The number of ether oxygens (including phenoxy) is 1. The van der Waals surface area contributed by atoms with Crippen molar-refractivity contribution in [3.63, 3.8) is 0 Å². The van der Waals surface area contributed by atoms with Crippen molar-refractivity contribution in [2.45, 2.75) is 38.2 Å². The summed E-state index contributed by atoms with van der Waals surface area (Å²) in [5.41, 5.74) is 0.266. The van der Waals surface area contributed by atoms with Crippen LogP contribution in [-0.4, -0.2) is 12.2 Å². The lowest BCUT2D eigenvalue weighted by Crippen LogP contribution is -2.41. The van der Waals surface area contributed by atoms with Gasteiger partial charge in [-0.2, -0.15) is 0 Å². The molecule has 2 saturated heterocycles. The van der Waals surface area contributed by atoms with Crippen LogP contribution in [0.5, 0.6) is 0 Å². The van der Waals surface area contributed by atoms with E-state index in [0.29, 0.717) is 0 Å². The smallest absolute Gasteiger partial charge is 0.0655 e. The van der Waals surface area contributed by atoms with Gasteiger partial charge in [-0.05, 0) is 32.6 Å². The standard InChI is InChI=1S/C8H13O/c1-8-4-2-7(3-5-8)6-9-8/h2-6H2,1H3. The van der Waals surface area contributed by atoms with Gasteiger partial charge in [0, 0.05) is 5.92 Å². The van der Waals surface area contributed by atoms with E-state index in [1.54, 1.807) is 5.92 Å². The van der Waals surface area contributed by atoms with Crippen LogP contribution in [0.3, 0.4) is 0 Å². The molecule has 0 aromatic carbocycles. The van der Waals surface area contributed by atoms with Crippen LogP contribution in [0.25, 0.3) is 0 Å². The van der Waals surface area contributed by atoms with Crippen LogP contribution in [0.4, 0.5) is 0 Å². The van der Waals surface area contributed by atoms with Gasteiger partial charge in [-0.3, -0.25) is 0 Å². The molecule has 1 heteroatoms. The van der Waals surface area contributed by atoms with Crippen molar-refractivity contribution in [2.24, 2.45) is 0 Å². The molecular formula is C8H13O. The first kappa shape index (κ1) is 5.72. The number of hydrogen-bond acceptors (Lipinski definition) is 1. The minimum absolute atomic E-state index is 0.266. The lowest BCUT2D eigenvalue weighted by Gasteiger charge is -2.43. The molecule has 1 nitrogen and oxygen atoms in total. The van der Waals surface area contributed by atoms with Crippen LogP contribution >= 0.6 is 0 Å². The quantitative estimate of drug-likeness (QED) is 0.480. The van der Waals surface area contributed by atoms with Gasteiger partial charge < -0.3 is 4.74 Å². The van der Waals surface area contributed by atoms with Gasteiger partial charge in [0.2, 0.25) is 0 Å². The van der Waals surface area contributed by atoms with Crippen LogP contribution in [0, 0.1) is 5.92 Å². The third-order valence-corrected chi connectivity index (χ3v) is 2.64. The van der Waals surface area contributed by atoms with E-state index in [4.69, 9.17) is 4.74 Å². The van der Waals surface area contributed by atoms with Gasteiger partial charge in [0.25, 0.3) is 0 Å². The minimum Gasteiger partial charge on any atom is -0.375 e. The molecule has 3 aliphatic rings. The molecular weight excluding hydrogens is 112 g/mol. The summed E-state index contributed by atoms with van der Waals surface area (Å²) in [5, 5.41) is 0. The normalized spacial score (nSPS) is 33.0. The molecule has 0 N–H and O–H groups in total. The van der Waals surface area contributed by atoms with E-state index in [1.165, 1.54) is 25.7 Å². The summed E-state index contributed by atoms with van der Waals surface area (Å²) >= 11 is 0. The molecule has 0 atom stereocenters. The third-order valence-electron chi connectivity index (χ3n) is 2.64. The third kappa shape index (κ3) is 0.877. The highest BCUT2D eigenvalue weighted by atomic mass is 16.5. The van der Waals surface area contributed by atoms with Crippen molar-refractivity contribution in [1.29, 1.82) is 0 Å². The van der Waals surface area contributed by atoms with Crippen LogP contribution in [0.1, 0.15) is 32.6 Å². The Labute approximate surface area is 56.4 Å². The zero-order chi connectivity index (χ0) is 6.32. The molecule has 0 aromatic heterocycles. The summed E-state index contributed by atoms with van der Waals surface area (Å²) in [7, 11) is 0. The minimum atomic E-state index is 0.266. The monoisotopic (exact) mass is 125 g/mol. The first-order valence-electron chi connectivity index (χ1n) is 3.76. The van der Waals surface area contributed by atoms with Crippen molar-refractivity contribution in [2.75, 3.05) is 6.61 Å². The topological polar surface area (TPSA) is 9.23 Å². The lowest BCUT2D eigenvalue weighted by molar-refractivity contribution is -0.0885. The second-order valence-electron chi connectivity index (χ2n) is 3.49. The lowest BCUT2D eigenvalue weighted by atomic mass is 9.77. The van der Waals surface area contributed by atoms with Crippen molar-refractivity contribution in [1.82, 2.24) is 0 Å². The zero-order valence-electron chi connectivity index (χ0n) is 5.94. The van der Waals surface area contributed by atoms with Crippen LogP contribution < -0.4 is 0 Å². The van der Waals surface area contributed by atoms with Crippen molar-refractivity contribution >= 4 is 0 Å². The van der Waals surface area contributed by atoms with E-state index in [1.807, 2.05) is 0 Å². The molecule has 2 heterocycles. The number of rotatable bonds is 0. The Morgan fingerprint density at radius 1 is 1.33 bits per heavy atom. The van der Waals surface area contributed by atoms with Crippen LogP contribution in [0.2, 0.25) is 0 Å². The summed E-state index contributed by atoms with van der Waals surface area (Å²) in [4.78, 5) is 0. The summed E-state index contributed by atoms with van der Waals surface area (Å²) in [6.45, 7) is 3.19. The summed E-state index contributed by atoms with van der Waals surface area (Å²) in [6, 6.07) is 0. The van der Waals surface area contributed by atoms with Crippen LogP contribution in [0.15, 0.2) is 0 Å². The molecule has 2 aliphatic heterocycles. The van der Waals surface area contributed by atoms with E-state index >= 15 is 0 Å². The highest BCUT2D eigenvalue weighted by molar-refractivity contribution is 5.04. The second-order valence-corrected chi connectivity index (χ2v) is 3.49. The van der Waals surface area contributed by atoms with Gasteiger partial charge in [-0.25, -0.2) is 0 Å². The largest absolute Gasteiger partial charge is 0.375 e. The molecule has 0 aromatic rings. The van der Waals surface area contributed by atoms with Crippen molar-refractivity contribution in [3.8, 4) is 0 Å². The first-order chi connectivity index (χ1) is 4.29. The Kier molecular flexibility index (Phi) is 1.10. The summed E-state index contributed by atoms with van der Waals surface area (Å²) in [6.07, 6.45) is 5.19. The van der Waals surface area contributed by atoms with Gasteiger partial charge in [-0.15, -0.1) is 0 Å². The Morgan fingerprint density at radius 2 is 2.00 bits per heavy atom.